The SMILES string of the molecule is CC(=O)NC[C@H]1CC[C@@H](CC(=O)NCCc2cccc(C(F)(F)F)c2)N1C. The Morgan fingerprint density at radius 1 is 1.19 bits per heavy atom. The molecule has 1 heterocycles. The van der Waals surface area contributed by atoms with Crippen molar-refractivity contribution in [2.24, 2.45) is 0 Å². The Bertz CT molecular complexity index is 664. The molecule has 0 aliphatic carbocycles. The first-order valence-electron chi connectivity index (χ1n) is 9.06. The fourth-order valence-corrected chi connectivity index (χ4v) is 3.38. The second-order valence-electron chi connectivity index (χ2n) is 6.99. The van der Waals surface area contributed by atoms with Crippen molar-refractivity contribution < 1.29 is 22.8 Å². The highest BCUT2D eigenvalue weighted by molar-refractivity contribution is 5.76. The van der Waals surface area contributed by atoms with Crippen molar-refractivity contribution >= 4 is 11.8 Å². The van der Waals surface area contributed by atoms with E-state index in [9.17, 15) is 22.8 Å². The molecule has 1 aromatic carbocycles. The molecule has 2 rings (SSSR count). The topological polar surface area (TPSA) is 61.4 Å². The minimum atomic E-state index is -4.36. The van der Waals surface area contributed by atoms with E-state index in [0.717, 1.165) is 25.0 Å². The van der Waals surface area contributed by atoms with Crippen LogP contribution in [0.5, 0.6) is 0 Å². The van der Waals surface area contributed by atoms with Gasteiger partial charge in [-0.25, -0.2) is 0 Å². The van der Waals surface area contributed by atoms with E-state index in [4.69, 9.17) is 0 Å². The summed E-state index contributed by atoms with van der Waals surface area (Å²) in [5.74, 6) is -0.182. The first kappa shape index (κ1) is 21.2. The van der Waals surface area contributed by atoms with E-state index in [1.54, 1.807) is 6.07 Å². The Morgan fingerprint density at radius 2 is 1.89 bits per heavy atom. The maximum Gasteiger partial charge on any atom is 0.416 e. The zero-order valence-electron chi connectivity index (χ0n) is 15.6. The molecule has 27 heavy (non-hydrogen) atoms. The fraction of sp³-hybridized carbons (Fsp3) is 0.579. The van der Waals surface area contributed by atoms with Gasteiger partial charge in [0, 0.05) is 38.5 Å². The predicted molar refractivity (Wildman–Crippen MR) is 96.0 cm³/mol. The number of rotatable bonds is 7. The number of carbonyl (C=O) groups is 2. The summed E-state index contributed by atoms with van der Waals surface area (Å²) in [6, 6.07) is 5.48. The van der Waals surface area contributed by atoms with Gasteiger partial charge in [0.1, 0.15) is 0 Å². The van der Waals surface area contributed by atoms with Crippen LogP contribution in [-0.4, -0.2) is 48.9 Å². The number of likely N-dealkylation sites (N-methyl/N-ethyl adjacent to an activating group) is 1. The largest absolute Gasteiger partial charge is 0.416 e. The van der Waals surface area contributed by atoms with Crippen molar-refractivity contribution in [1.82, 2.24) is 15.5 Å². The molecule has 1 aliphatic rings. The number of carbonyl (C=O) groups excluding carboxylic acids is 2. The summed E-state index contributed by atoms with van der Waals surface area (Å²) in [5.41, 5.74) is -0.136. The van der Waals surface area contributed by atoms with Crippen molar-refractivity contribution in [2.45, 2.75) is 50.9 Å². The highest BCUT2D eigenvalue weighted by Crippen LogP contribution is 2.29. The van der Waals surface area contributed by atoms with Crippen LogP contribution in [0, 0.1) is 0 Å². The van der Waals surface area contributed by atoms with Crippen LogP contribution in [0.4, 0.5) is 13.2 Å². The molecule has 1 aliphatic heterocycles. The average molecular weight is 385 g/mol. The monoisotopic (exact) mass is 385 g/mol. The number of amides is 2. The van der Waals surface area contributed by atoms with Gasteiger partial charge in [0.15, 0.2) is 0 Å². The molecule has 2 N–H and O–H groups in total. The Labute approximate surface area is 157 Å². The van der Waals surface area contributed by atoms with Gasteiger partial charge in [-0.15, -0.1) is 0 Å². The summed E-state index contributed by atoms with van der Waals surface area (Å²) in [7, 11) is 1.94. The number of benzene rings is 1. The third-order valence-corrected chi connectivity index (χ3v) is 4.98. The molecule has 1 fully saturated rings. The molecule has 0 spiro atoms. The molecule has 0 saturated carbocycles. The van der Waals surface area contributed by atoms with Crippen LogP contribution in [0.1, 0.15) is 37.3 Å². The minimum absolute atomic E-state index is 0.0702. The Balaban J connectivity index is 1.75. The molecule has 8 heteroatoms. The lowest BCUT2D eigenvalue weighted by molar-refractivity contribution is -0.137. The summed E-state index contributed by atoms with van der Waals surface area (Å²) < 4.78 is 38.1. The van der Waals surface area contributed by atoms with Crippen LogP contribution in [0.2, 0.25) is 0 Å². The van der Waals surface area contributed by atoms with Gasteiger partial charge in [-0.3, -0.25) is 14.5 Å². The van der Waals surface area contributed by atoms with E-state index in [-0.39, 0.29) is 23.9 Å². The van der Waals surface area contributed by atoms with Gasteiger partial charge in [-0.2, -0.15) is 13.2 Å². The van der Waals surface area contributed by atoms with Gasteiger partial charge >= 0.3 is 6.18 Å². The number of likely N-dealkylation sites (tertiary alicyclic amines) is 1. The number of hydrogen-bond acceptors (Lipinski definition) is 3. The van der Waals surface area contributed by atoms with Crippen LogP contribution in [0.25, 0.3) is 0 Å². The van der Waals surface area contributed by atoms with E-state index in [1.165, 1.54) is 13.0 Å². The van der Waals surface area contributed by atoms with Crippen LogP contribution in [-0.2, 0) is 22.2 Å². The molecule has 2 amide bonds. The number of nitrogens with zero attached hydrogens (tertiary/aromatic N) is 1. The lowest BCUT2D eigenvalue weighted by Crippen LogP contribution is -2.42. The van der Waals surface area contributed by atoms with E-state index >= 15 is 0 Å². The first-order chi connectivity index (χ1) is 12.7. The zero-order chi connectivity index (χ0) is 20.0. The summed E-state index contributed by atoms with van der Waals surface area (Å²) in [6.45, 7) is 2.34. The molecular weight excluding hydrogens is 359 g/mol. The number of nitrogens with one attached hydrogen (secondary N) is 2. The van der Waals surface area contributed by atoms with Gasteiger partial charge in [-0.05, 0) is 37.9 Å². The molecule has 150 valence electrons. The molecule has 0 unspecified atom stereocenters. The predicted octanol–water partition coefficient (Wildman–Crippen LogP) is 2.35. The van der Waals surface area contributed by atoms with E-state index in [0.29, 0.717) is 31.5 Å². The quantitative estimate of drug-likeness (QED) is 0.758. The fourth-order valence-electron chi connectivity index (χ4n) is 3.38. The van der Waals surface area contributed by atoms with Gasteiger partial charge in [0.05, 0.1) is 5.56 Å². The molecule has 2 atom stereocenters. The number of alkyl halides is 3. The average Bonchev–Trinajstić information content (AvgIpc) is 2.92. The van der Waals surface area contributed by atoms with Gasteiger partial charge in [-0.1, -0.05) is 18.2 Å². The van der Waals surface area contributed by atoms with Crippen LogP contribution in [0.15, 0.2) is 24.3 Å². The minimum Gasteiger partial charge on any atom is -0.356 e. The first-order valence-corrected chi connectivity index (χ1v) is 9.06. The van der Waals surface area contributed by atoms with Crippen LogP contribution < -0.4 is 10.6 Å². The van der Waals surface area contributed by atoms with E-state index in [1.807, 2.05) is 7.05 Å². The molecule has 1 saturated heterocycles. The van der Waals surface area contributed by atoms with Crippen molar-refractivity contribution in [3.05, 3.63) is 35.4 Å². The second-order valence-corrected chi connectivity index (χ2v) is 6.99. The summed E-state index contributed by atoms with van der Waals surface area (Å²) in [5, 5.41) is 5.58. The number of hydrogen-bond donors (Lipinski definition) is 2. The zero-order valence-corrected chi connectivity index (χ0v) is 15.6. The van der Waals surface area contributed by atoms with Crippen LogP contribution in [0.3, 0.4) is 0 Å². The van der Waals surface area contributed by atoms with Crippen molar-refractivity contribution in [1.29, 1.82) is 0 Å². The van der Waals surface area contributed by atoms with Crippen molar-refractivity contribution in [3.8, 4) is 0 Å². The van der Waals surface area contributed by atoms with Crippen molar-refractivity contribution in [3.63, 3.8) is 0 Å². The molecule has 1 aromatic rings. The van der Waals surface area contributed by atoms with Crippen LogP contribution >= 0.6 is 0 Å². The van der Waals surface area contributed by atoms with Gasteiger partial charge < -0.3 is 10.6 Å². The highest BCUT2D eigenvalue weighted by Gasteiger charge is 2.32. The Hall–Kier alpha value is -2.09. The van der Waals surface area contributed by atoms with Crippen molar-refractivity contribution in [2.75, 3.05) is 20.1 Å². The highest BCUT2D eigenvalue weighted by atomic mass is 19.4. The summed E-state index contributed by atoms with van der Waals surface area (Å²) in [4.78, 5) is 25.3. The molecule has 5 nitrogen and oxygen atoms in total. The van der Waals surface area contributed by atoms with E-state index in [2.05, 4.69) is 15.5 Å². The molecule has 0 aromatic heterocycles. The number of halogens is 3. The lowest BCUT2D eigenvalue weighted by Gasteiger charge is -2.25. The van der Waals surface area contributed by atoms with Gasteiger partial charge in [0.2, 0.25) is 11.8 Å². The Morgan fingerprint density at radius 3 is 2.56 bits per heavy atom. The maximum atomic E-state index is 12.7. The van der Waals surface area contributed by atoms with E-state index < -0.39 is 11.7 Å². The maximum absolute atomic E-state index is 12.7. The second kappa shape index (κ2) is 9.21. The molecular formula is C19H26F3N3O2. The lowest BCUT2D eigenvalue weighted by atomic mass is 10.1. The molecule has 0 radical (unpaired) electrons. The standard InChI is InChI=1S/C19H26F3N3O2/c1-13(26)24-12-17-7-6-16(25(17)2)11-18(27)23-9-8-14-4-3-5-15(10-14)19(20,21)22/h3-5,10,16-17H,6-9,11-12H2,1-2H3,(H,23,27)(H,24,26)/t16-,17+/m0/s1. The Kier molecular flexibility index (Phi) is 7.24. The third-order valence-electron chi connectivity index (χ3n) is 4.98. The normalized spacial score (nSPS) is 20.5. The van der Waals surface area contributed by atoms with Gasteiger partial charge in [0.25, 0.3) is 0 Å². The third kappa shape index (κ3) is 6.53. The summed E-state index contributed by atoms with van der Waals surface area (Å²) in [6.07, 6.45) is -1.88. The smallest absolute Gasteiger partial charge is 0.356 e. The summed E-state index contributed by atoms with van der Waals surface area (Å²) >= 11 is 0. The molecule has 0 bridgehead atoms.